The fourth-order valence-electron chi connectivity index (χ4n) is 0.643. The molecule has 0 fully saturated rings. The van der Waals surface area contributed by atoms with Gasteiger partial charge in [0.25, 0.3) is 0 Å². The Labute approximate surface area is 74.7 Å². The van der Waals surface area contributed by atoms with Crippen molar-refractivity contribution in [3.63, 3.8) is 0 Å². The van der Waals surface area contributed by atoms with Crippen molar-refractivity contribution in [1.29, 1.82) is 0 Å². The molecule has 0 radical (unpaired) electrons. The Bertz CT molecular complexity index is 344. The summed E-state index contributed by atoms with van der Waals surface area (Å²) in [6.45, 7) is 0. The molecule has 0 spiro atoms. The van der Waals surface area contributed by atoms with Crippen LogP contribution in [-0.4, -0.2) is 9.91 Å². The molecule has 0 aliphatic rings. The Morgan fingerprint density at radius 2 is 2.33 bits per heavy atom. The molecular weight excluding hydrogens is 233 g/mol. The second kappa shape index (κ2) is 3.02. The Balaban J connectivity index is 3.43. The zero-order valence-electron chi connectivity index (χ0n) is 5.62. The Morgan fingerprint density at radius 1 is 1.75 bits per heavy atom. The van der Waals surface area contributed by atoms with Crippen LogP contribution in [0.15, 0.2) is 10.7 Å². The van der Waals surface area contributed by atoms with Crippen LogP contribution in [0.25, 0.3) is 0 Å². The molecule has 7 heteroatoms. The van der Waals surface area contributed by atoms with Crippen molar-refractivity contribution in [3.05, 3.63) is 26.6 Å². The Morgan fingerprint density at radius 3 is 2.75 bits per heavy atom. The molecular formula is C5H3BrFN3O2. The molecule has 0 saturated carbocycles. The van der Waals surface area contributed by atoms with Crippen LogP contribution >= 0.6 is 15.9 Å². The van der Waals surface area contributed by atoms with Gasteiger partial charge in [-0.2, -0.15) is 4.39 Å². The van der Waals surface area contributed by atoms with Crippen LogP contribution in [0.1, 0.15) is 0 Å². The number of nitro groups is 1. The molecule has 0 aromatic carbocycles. The van der Waals surface area contributed by atoms with E-state index < -0.39 is 22.2 Å². The average molecular weight is 236 g/mol. The van der Waals surface area contributed by atoms with Crippen LogP contribution in [-0.2, 0) is 0 Å². The van der Waals surface area contributed by atoms with Gasteiger partial charge in [0.05, 0.1) is 9.40 Å². The van der Waals surface area contributed by atoms with Crippen molar-refractivity contribution < 1.29 is 9.31 Å². The minimum atomic E-state index is -1.01. The summed E-state index contributed by atoms with van der Waals surface area (Å²) < 4.78 is 12.8. The van der Waals surface area contributed by atoms with Gasteiger partial charge in [0.1, 0.15) is 0 Å². The van der Waals surface area contributed by atoms with E-state index in [1.54, 1.807) is 0 Å². The summed E-state index contributed by atoms with van der Waals surface area (Å²) in [4.78, 5) is 12.7. The maximum absolute atomic E-state index is 12.9. The van der Waals surface area contributed by atoms with E-state index in [-0.39, 0.29) is 4.47 Å². The van der Waals surface area contributed by atoms with Crippen molar-refractivity contribution in [3.8, 4) is 0 Å². The van der Waals surface area contributed by atoms with Crippen LogP contribution in [0.4, 0.5) is 15.9 Å². The first-order chi connectivity index (χ1) is 5.54. The molecule has 12 heavy (non-hydrogen) atoms. The molecule has 2 N–H and O–H groups in total. The average Bonchev–Trinajstić information content (AvgIpc) is 1.97. The lowest BCUT2D eigenvalue weighted by Gasteiger charge is -1.97. The number of nitrogens with zero attached hydrogens (tertiary/aromatic N) is 2. The maximum Gasteiger partial charge on any atom is 0.347 e. The third-order valence-electron chi connectivity index (χ3n) is 1.16. The molecule has 5 nitrogen and oxygen atoms in total. The number of rotatable bonds is 1. The van der Waals surface area contributed by atoms with Crippen molar-refractivity contribution in [2.24, 2.45) is 0 Å². The zero-order valence-corrected chi connectivity index (χ0v) is 7.21. The van der Waals surface area contributed by atoms with E-state index in [9.17, 15) is 14.5 Å². The van der Waals surface area contributed by atoms with E-state index >= 15 is 0 Å². The highest BCUT2D eigenvalue weighted by Gasteiger charge is 2.22. The van der Waals surface area contributed by atoms with Crippen molar-refractivity contribution in [2.75, 3.05) is 5.73 Å². The first-order valence-electron chi connectivity index (χ1n) is 2.78. The fourth-order valence-corrected chi connectivity index (χ4v) is 0.933. The normalized spacial score (nSPS) is 9.83. The summed E-state index contributed by atoms with van der Waals surface area (Å²) in [7, 11) is 0. The predicted molar refractivity (Wildman–Crippen MR) is 43.0 cm³/mol. The van der Waals surface area contributed by atoms with Gasteiger partial charge in [-0.3, -0.25) is 10.1 Å². The lowest BCUT2D eigenvalue weighted by Crippen LogP contribution is -2.01. The minimum absolute atomic E-state index is 0.0802. The van der Waals surface area contributed by atoms with E-state index in [0.29, 0.717) is 0 Å². The van der Waals surface area contributed by atoms with Gasteiger partial charge < -0.3 is 5.73 Å². The van der Waals surface area contributed by atoms with Crippen LogP contribution < -0.4 is 5.73 Å². The molecule has 0 unspecified atom stereocenters. The van der Waals surface area contributed by atoms with E-state index in [1.165, 1.54) is 0 Å². The number of nitrogen functional groups attached to an aromatic ring is 1. The van der Waals surface area contributed by atoms with Gasteiger partial charge in [0.15, 0.2) is 0 Å². The van der Waals surface area contributed by atoms with Crippen LogP contribution in [0.2, 0.25) is 0 Å². The number of pyridine rings is 1. The van der Waals surface area contributed by atoms with Gasteiger partial charge in [0, 0.05) is 6.20 Å². The van der Waals surface area contributed by atoms with Gasteiger partial charge in [-0.05, 0) is 15.9 Å². The predicted octanol–water partition coefficient (Wildman–Crippen LogP) is 1.47. The molecule has 0 atom stereocenters. The SMILES string of the molecule is Nc1ncc(Br)c(F)c1[N+](=O)[O-]. The summed E-state index contributed by atoms with van der Waals surface area (Å²) in [5.41, 5.74) is 4.28. The van der Waals surface area contributed by atoms with Gasteiger partial charge in [-0.15, -0.1) is 0 Å². The Kier molecular flexibility index (Phi) is 2.22. The van der Waals surface area contributed by atoms with E-state index in [0.717, 1.165) is 6.20 Å². The number of hydrogen-bond acceptors (Lipinski definition) is 4. The van der Waals surface area contributed by atoms with E-state index in [2.05, 4.69) is 20.9 Å². The lowest BCUT2D eigenvalue weighted by atomic mass is 10.4. The highest BCUT2D eigenvalue weighted by Crippen LogP contribution is 2.27. The van der Waals surface area contributed by atoms with Crippen LogP contribution in [0.3, 0.4) is 0 Å². The highest BCUT2D eigenvalue weighted by molar-refractivity contribution is 9.10. The largest absolute Gasteiger partial charge is 0.378 e. The van der Waals surface area contributed by atoms with E-state index in [1.807, 2.05) is 0 Å². The second-order valence-corrected chi connectivity index (χ2v) is 2.77. The zero-order chi connectivity index (χ0) is 9.30. The summed E-state index contributed by atoms with van der Waals surface area (Å²) in [5, 5.41) is 10.2. The molecule has 0 aliphatic carbocycles. The molecule has 64 valence electrons. The van der Waals surface area contributed by atoms with Gasteiger partial charge in [-0.1, -0.05) is 0 Å². The monoisotopic (exact) mass is 235 g/mol. The van der Waals surface area contributed by atoms with Crippen LogP contribution in [0.5, 0.6) is 0 Å². The third-order valence-corrected chi connectivity index (χ3v) is 1.71. The molecule has 1 heterocycles. The number of hydrogen-bond donors (Lipinski definition) is 1. The van der Waals surface area contributed by atoms with Gasteiger partial charge >= 0.3 is 5.69 Å². The smallest absolute Gasteiger partial charge is 0.347 e. The fraction of sp³-hybridized carbons (Fsp3) is 0. The van der Waals surface area contributed by atoms with Gasteiger partial charge in [0.2, 0.25) is 11.6 Å². The second-order valence-electron chi connectivity index (χ2n) is 1.91. The number of aromatic nitrogens is 1. The lowest BCUT2D eigenvalue weighted by molar-refractivity contribution is -0.386. The number of anilines is 1. The van der Waals surface area contributed by atoms with Crippen molar-refractivity contribution >= 4 is 27.4 Å². The van der Waals surface area contributed by atoms with Crippen molar-refractivity contribution in [2.45, 2.75) is 0 Å². The summed E-state index contributed by atoms with van der Waals surface area (Å²) in [6.07, 6.45) is 1.07. The molecule has 0 bridgehead atoms. The molecule has 1 aromatic heterocycles. The first-order valence-corrected chi connectivity index (χ1v) is 3.57. The number of halogens is 2. The first kappa shape index (κ1) is 8.85. The summed E-state index contributed by atoms with van der Waals surface area (Å²) in [6, 6.07) is 0. The van der Waals surface area contributed by atoms with E-state index in [4.69, 9.17) is 5.73 Å². The molecule has 1 rings (SSSR count). The summed E-state index contributed by atoms with van der Waals surface area (Å²) >= 11 is 2.75. The molecule has 1 aromatic rings. The number of nitrogens with two attached hydrogens (primary N) is 1. The standard InChI is InChI=1S/C5H3BrFN3O2/c6-2-1-9-5(8)4(3(2)7)10(11)12/h1H,(H2,8,9). The summed E-state index contributed by atoms with van der Waals surface area (Å²) in [5.74, 6) is -1.44. The quantitative estimate of drug-likeness (QED) is 0.591. The Hall–Kier alpha value is -1.24. The van der Waals surface area contributed by atoms with Crippen molar-refractivity contribution in [1.82, 2.24) is 4.98 Å². The topological polar surface area (TPSA) is 82.0 Å². The third kappa shape index (κ3) is 1.35. The molecule has 0 saturated heterocycles. The van der Waals surface area contributed by atoms with Crippen LogP contribution in [0, 0.1) is 15.9 Å². The maximum atomic E-state index is 12.9. The van der Waals surface area contributed by atoms with Gasteiger partial charge in [-0.25, -0.2) is 4.98 Å². The highest BCUT2D eigenvalue weighted by atomic mass is 79.9. The molecule has 0 aliphatic heterocycles. The minimum Gasteiger partial charge on any atom is -0.378 e. The molecule has 0 amide bonds.